The van der Waals surface area contributed by atoms with E-state index in [1.165, 1.54) is 5.56 Å². The Morgan fingerprint density at radius 1 is 1.62 bits per heavy atom. The molecule has 1 atom stereocenters. The summed E-state index contributed by atoms with van der Waals surface area (Å²) in [5, 5.41) is 3.45. The van der Waals surface area contributed by atoms with Crippen LogP contribution in [0, 0.1) is 0 Å². The number of rotatable bonds is 2. The number of piperazine rings is 1. The highest BCUT2D eigenvalue weighted by molar-refractivity contribution is 9.10. The van der Waals surface area contributed by atoms with Gasteiger partial charge in [0.1, 0.15) is 4.60 Å². The molecule has 0 aliphatic carbocycles. The largest absolute Gasteiger partial charge is 0.312 e. The van der Waals surface area contributed by atoms with Crippen molar-refractivity contribution in [1.29, 1.82) is 0 Å². The van der Waals surface area contributed by atoms with Crippen molar-refractivity contribution in [1.82, 2.24) is 15.2 Å². The van der Waals surface area contributed by atoms with Crippen LogP contribution in [-0.2, 0) is 6.54 Å². The van der Waals surface area contributed by atoms with Gasteiger partial charge in [-0.1, -0.05) is 0 Å². The monoisotopic (exact) mass is 305 g/mol. The molecule has 1 aromatic rings. The minimum absolute atomic E-state index is 0. The van der Waals surface area contributed by atoms with E-state index in [1.54, 1.807) is 0 Å². The molecule has 1 N–H and O–H groups in total. The number of nitrogens with zero attached hydrogens (tertiary/aromatic N) is 2. The molecule has 0 aromatic carbocycles. The van der Waals surface area contributed by atoms with Crippen molar-refractivity contribution in [3.8, 4) is 0 Å². The normalized spacial score (nSPS) is 21.5. The molecule has 1 aliphatic heterocycles. The Labute approximate surface area is 111 Å². The predicted molar refractivity (Wildman–Crippen MR) is 71.9 cm³/mol. The van der Waals surface area contributed by atoms with Crippen LogP contribution >= 0.6 is 28.3 Å². The fourth-order valence-electron chi connectivity index (χ4n) is 1.95. The van der Waals surface area contributed by atoms with Gasteiger partial charge < -0.3 is 5.32 Å². The first-order valence-corrected chi connectivity index (χ1v) is 6.09. The zero-order valence-corrected chi connectivity index (χ0v) is 11.7. The maximum absolute atomic E-state index is 4.13. The standard InChI is InChI=1S/C11H16BrN3.ClH/c1-9-7-15(5-4-13-9)8-10-2-3-14-11(12)6-10;/h2-3,6,9,13H,4-5,7-8H2,1H3;1H. The van der Waals surface area contributed by atoms with Gasteiger partial charge in [0.15, 0.2) is 0 Å². The number of halogens is 2. The molecule has 2 heterocycles. The van der Waals surface area contributed by atoms with Crippen LogP contribution in [0.5, 0.6) is 0 Å². The summed E-state index contributed by atoms with van der Waals surface area (Å²) in [5.41, 5.74) is 1.32. The summed E-state index contributed by atoms with van der Waals surface area (Å²) in [6.45, 7) is 6.60. The van der Waals surface area contributed by atoms with Crippen LogP contribution in [0.3, 0.4) is 0 Å². The van der Waals surface area contributed by atoms with Crippen LogP contribution in [0.4, 0.5) is 0 Å². The average molecular weight is 307 g/mol. The van der Waals surface area contributed by atoms with Gasteiger partial charge in [-0.05, 0) is 40.5 Å². The Morgan fingerprint density at radius 2 is 2.44 bits per heavy atom. The minimum Gasteiger partial charge on any atom is -0.312 e. The number of nitrogens with one attached hydrogen (secondary N) is 1. The molecule has 5 heteroatoms. The molecule has 3 nitrogen and oxygen atoms in total. The zero-order valence-electron chi connectivity index (χ0n) is 9.32. The first kappa shape index (κ1) is 13.9. The van der Waals surface area contributed by atoms with Crippen molar-refractivity contribution in [3.05, 3.63) is 28.5 Å². The van der Waals surface area contributed by atoms with E-state index in [9.17, 15) is 0 Å². The Hall–Kier alpha value is -0.160. The molecular weight excluding hydrogens is 289 g/mol. The summed E-state index contributed by atoms with van der Waals surface area (Å²) in [6, 6.07) is 4.77. The van der Waals surface area contributed by atoms with Gasteiger partial charge in [-0.2, -0.15) is 0 Å². The molecule has 1 unspecified atom stereocenters. The van der Waals surface area contributed by atoms with E-state index in [2.05, 4.69) is 50.2 Å². The van der Waals surface area contributed by atoms with Crippen molar-refractivity contribution in [2.24, 2.45) is 0 Å². The summed E-state index contributed by atoms with van der Waals surface area (Å²) < 4.78 is 0.920. The number of aromatic nitrogens is 1. The fourth-order valence-corrected chi connectivity index (χ4v) is 2.37. The molecule has 0 radical (unpaired) electrons. The van der Waals surface area contributed by atoms with E-state index in [4.69, 9.17) is 0 Å². The van der Waals surface area contributed by atoms with E-state index in [0.29, 0.717) is 6.04 Å². The van der Waals surface area contributed by atoms with Crippen LogP contribution in [0.15, 0.2) is 22.9 Å². The molecule has 2 rings (SSSR count). The highest BCUT2D eigenvalue weighted by Crippen LogP contribution is 2.11. The fraction of sp³-hybridized carbons (Fsp3) is 0.545. The van der Waals surface area contributed by atoms with E-state index in [1.807, 2.05) is 6.20 Å². The van der Waals surface area contributed by atoms with Gasteiger partial charge in [-0.15, -0.1) is 12.4 Å². The Balaban J connectivity index is 0.00000128. The van der Waals surface area contributed by atoms with E-state index >= 15 is 0 Å². The highest BCUT2D eigenvalue weighted by atomic mass is 79.9. The molecule has 16 heavy (non-hydrogen) atoms. The van der Waals surface area contributed by atoms with Gasteiger partial charge >= 0.3 is 0 Å². The molecule has 1 aromatic heterocycles. The van der Waals surface area contributed by atoms with Crippen molar-refractivity contribution >= 4 is 28.3 Å². The quantitative estimate of drug-likeness (QED) is 0.848. The van der Waals surface area contributed by atoms with Crippen molar-refractivity contribution in [2.75, 3.05) is 19.6 Å². The Morgan fingerprint density at radius 3 is 3.12 bits per heavy atom. The Bertz CT molecular complexity index is 335. The van der Waals surface area contributed by atoms with Crippen LogP contribution in [0.2, 0.25) is 0 Å². The summed E-state index contributed by atoms with van der Waals surface area (Å²) in [7, 11) is 0. The molecule has 90 valence electrons. The second-order valence-electron chi connectivity index (χ2n) is 4.08. The summed E-state index contributed by atoms with van der Waals surface area (Å²) in [4.78, 5) is 6.61. The molecule has 0 spiro atoms. The van der Waals surface area contributed by atoms with Gasteiger partial charge in [0.2, 0.25) is 0 Å². The lowest BCUT2D eigenvalue weighted by atomic mass is 10.2. The molecular formula is C11H17BrClN3. The van der Waals surface area contributed by atoms with Crippen LogP contribution in [-0.4, -0.2) is 35.6 Å². The maximum atomic E-state index is 4.13. The lowest BCUT2D eigenvalue weighted by Crippen LogP contribution is -2.48. The van der Waals surface area contributed by atoms with E-state index in [0.717, 1.165) is 30.8 Å². The third kappa shape index (κ3) is 4.01. The number of pyridine rings is 1. The van der Waals surface area contributed by atoms with Crippen LogP contribution < -0.4 is 5.32 Å². The molecule has 1 saturated heterocycles. The van der Waals surface area contributed by atoms with Crippen molar-refractivity contribution < 1.29 is 0 Å². The van der Waals surface area contributed by atoms with Gasteiger partial charge in [0, 0.05) is 38.4 Å². The summed E-state index contributed by atoms with van der Waals surface area (Å²) >= 11 is 3.40. The van der Waals surface area contributed by atoms with Crippen LogP contribution in [0.25, 0.3) is 0 Å². The van der Waals surface area contributed by atoms with Gasteiger partial charge in [-0.25, -0.2) is 4.98 Å². The first-order valence-electron chi connectivity index (χ1n) is 5.30. The van der Waals surface area contributed by atoms with Crippen LogP contribution in [0.1, 0.15) is 12.5 Å². The molecule has 1 fully saturated rings. The number of hydrogen-bond acceptors (Lipinski definition) is 3. The third-order valence-corrected chi connectivity index (χ3v) is 3.08. The topological polar surface area (TPSA) is 28.2 Å². The molecule has 0 saturated carbocycles. The highest BCUT2D eigenvalue weighted by Gasteiger charge is 2.15. The molecule has 0 bridgehead atoms. The van der Waals surface area contributed by atoms with Crippen molar-refractivity contribution in [2.45, 2.75) is 19.5 Å². The first-order chi connectivity index (χ1) is 7.24. The zero-order chi connectivity index (χ0) is 10.7. The Kier molecular flexibility index (Phi) is 5.69. The van der Waals surface area contributed by atoms with Gasteiger partial charge in [0.05, 0.1) is 0 Å². The maximum Gasteiger partial charge on any atom is 0.106 e. The summed E-state index contributed by atoms with van der Waals surface area (Å²) in [6.07, 6.45) is 1.85. The minimum atomic E-state index is 0. The lowest BCUT2D eigenvalue weighted by Gasteiger charge is -2.31. The average Bonchev–Trinajstić information content (AvgIpc) is 2.17. The molecule has 0 amide bonds. The SMILES string of the molecule is CC1CN(Cc2ccnc(Br)c2)CCN1.Cl. The van der Waals surface area contributed by atoms with Gasteiger partial charge in [0.25, 0.3) is 0 Å². The predicted octanol–water partition coefficient (Wildman–Crippen LogP) is 2.06. The second-order valence-corrected chi connectivity index (χ2v) is 4.89. The smallest absolute Gasteiger partial charge is 0.106 e. The lowest BCUT2D eigenvalue weighted by molar-refractivity contribution is 0.199. The second kappa shape index (κ2) is 6.55. The van der Waals surface area contributed by atoms with Crippen molar-refractivity contribution in [3.63, 3.8) is 0 Å². The van der Waals surface area contributed by atoms with E-state index in [-0.39, 0.29) is 12.4 Å². The van der Waals surface area contributed by atoms with Gasteiger partial charge in [-0.3, -0.25) is 4.90 Å². The number of hydrogen-bond donors (Lipinski definition) is 1. The van der Waals surface area contributed by atoms with E-state index < -0.39 is 0 Å². The third-order valence-electron chi connectivity index (χ3n) is 2.65. The summed E-state index contributed by atoms with van der Waals surface area (Å²) in [5.74, 6) is 0. The molecule has 1 aliphatic rings.